The second kappa shape index (κ2) is 5.47. The number of carbonyl (C=O) groups is 1. The average Bonchev–Trinajstić information content (AvgIpc) is 3.05. The Hall–Kier alpha value is -0.900. The van der Waals surface area contributed by atoms with Crippen LogP contribution in [0.4, 0.5) is 0 Å². The summed E-state index contributed by atoms with van der Waals surface area (Å²) in [5, 5.41) is 5.15. The van der Waals surface area contributed by atoms with Crippen molar-refractivity contribution in [3.63, 3.8) is 0 Å². The summed E-state index contributed by atoms with van der Waals surface area (Å²) in [6, 6.07) is 7.82. The van der Waals surface area contributed by atoms with E-state index in [0.29, 0.717) is 5.78 Å². The van der Waals surface area contributed by atoms with Crippen molar-refractivity contribution in [2.24, 2.45) is 5.41 Å². The van der Waals surface area contributed by atoms with Crippen molar-refractivity contribution in [2.45, 2.75) is 26.2 Å². The standard InChI is InChI=1S/C16H18ClNOS/c1-2-5-16(6-7-18-10-16)15(19)14-9-11-8-12(17)3-4-13(11)20-14/h3-4,8-9,18H,2,5-7,10H2,1H3. The summed E-state index contributed by atoms with van der Waals surface area (Å²) in [6.45, 7) is 3.91. The summed E-state index contributed by atoms with van der Waals surface area (Å²) in [4.78, 5) is 13.8. The van der Waals surface area contributed by atoms with Gasteiger partial charge in [0.05, 0.1) is 4.88 Å². The predicted molar refractivity (Wildman–Crippen MR) is 86.0 cm³/mol. The maximum atomic E-state index is 13.0. The molecule has 2 aromatic rings. The van der Waals surface area contributed by atoms with Crippen LogP contribution in [-0.2, 0) is 0 Å². The molecule has 1 aromatic heterocycles. The van der Waals surface area contributed by atoms with Gasteiger partial charge in [-0.3, -0.25) is 4.79 Å². The number of benzene rings is 1. The van der Waals surface area contributed by atoms with Crippen LogP contribution < -0.4 is 5.32 Å². The van der Waals surface area contributed by atoms with E-state index in [4.69, 9.17) is 11.6 Å². The van der Waals surface area contributed by atoms with Crippen molar-refractivity contribution in [2.75, 3.05) is 13.1 Å². The van der Waals surface area contributed by atoms with Gasteiger partial charge in [-0.05, 0) is 49.0 Å². The van der Waals surface area contributed by atoms with Gasteiger partial charge < -0.3 is 5.32 Å². The molecule has 2 heterocycles. The summed E-state index contributed by atoms with van der Waals surface area (Å²) in [5.41, 5.74) is -0.195. The van der Waals surface area contributed by atoms with Crippen molar-refractivity contribution in [3.05, 3.63) is 34.2 Å². The summed E-state index contributed by atoms with van der Waals surface area (Å²) >= 11 is 7.61. The van der Waals surface area contributed by atoms with E-state index in [1.807, 2.05) is 24.3 Å². The molecule has 3 rings (SSSR count). The van der Waals surface area contributed by atoms with Gasteiger partial charge in [0, 0.05) is 21.7 Å². The number of halogens is 1. The van der Waals surface area contributed by atoms with Gasteiger partial charge in [-0.1, -0.05) is 24.9 Å². The molecule has 1 aliphatic heterocycles. The summed E-state index contributed by atoms with van der Waals surface area (Å²) in [5.74, 6) is 0.307. The third kappa shape index (κ3) is 2.39. The van der Waals surface area contributed by atoms with Gasteiger partial charge in [0.2, 0.25) is 0 Å². The Morgan fingerprint density at radius 3 is 3.00 bits per heavy atom. The van der Waals surface area contributed by atoms with Gasteiger partial charge in [0.1, 0.15) is 0 Å². The molecule has 1 aromatic carbocycles. The summed E-state index contributed by atoms with van der Waals surface area (Å²) in [7, 11) is 0. The lowest BCUT2D eigenvalue weighted by atomic mass is 9.78. The van der Waals surface area contributed by atoms with Gasteiger partial charge in [0.25, 0.3) is 0 Å². The Labute approximate surface area is 128 Å². The first-order valence-electron chi connectivity index (χ1n) is 7.09. The molecule has 0 amide bonds. The number of fused-ring (bicyclic) bond motifs is 1. The SMILES string of the molecule is CCCC1(C(=O)c2cc3cc(Cl)ccc3s2)CCNC1. The van der Waals surface area contributed by atoms with E-state index in [9.17, 15) is 4.79 Å². The summed E-state index contributed by atoms with van der Waals surface area (Å²) < 4.78 is 1.13. The van der Waals surface area contributed by atoms with E-state index in [-0.39, 0.29) is 5.41 Å². The van der Waals surface area contributed by atoms with E-state index in [2.05, 4.69) is 12.2 Å². The lowest BCUT2D eigenvalue weighted by Gasteiger charge is -2.25. The Morgan fingerprint density at radius 2 is 2.30 bits per heavy atom. The number of hydrogen-bond acceptors (Lipinski definition) is 3. The highest BCUT2D eigenvalue weighted by Crippen LogP contribution is 2.38. The maximum Gasteiger partial charge on any atom is 0.180 e. The molecular formula is C16H18ClNOS. The number of ketones is 1. The first-order valence-corrected chi connectivity index (χ1v) is 8.29. The Morgan fingerprint density at radius 1 is 1.45 bits per heavy atom. The minimum atomic E-state index is -0.195. The zero-order valence-corrected chi connectivity index (χ0v) is 13.1. The first kappa shape index (κ1) is 14.1. The largest absolute Gasteiger partial charge is 0.316 e. The van der Waals surface area contributed by atoms with Crippen LogP contribution in [0.5, 0.6) is 0 Å². The molecule has 1 aliphatic rings. The molecule has 0 bridgehead atoms. The molecule has 0 aliphatic carbocycles. The van der Waals surface area contributed by atoms with Crippen LogP contribution in [0, 0.1) is 5.41 Å². The van der Waals surface area contributed by atoms with Crippen LogP contribution in [-0.4, -0.2) is 18.9 Å². The minimum absolute atomic E-state index is 0.195. The van der Waals surface area contributed by atoms with Gasteiger partial charge in [0.15, 0.2) is 5.78 Å². The fourth-order valence-electron chi connectivity index (χ4n) is 3.13. The second-order valence-electron chi connectivity index (χ2n) is 5.58. The molecule has 1 atom stereocenters. The normalized spacial score (nSPS) is 22.5. The molecule has 1 unspecified atom stereocenters. The molecule has 0 saturated carbocycles. The number of rotatable bonds is 4. The van der Waals surface area contributed by atoms with E-state index >= 15 is 0 Å². The van der Waals surface area contributed by atoms with Crippen LogP contribution >= 0.6 is 22.9 Å². The first-order chi connectivity index (χ1) is 9.64. The maximum absolute atomic E-state index is 13.0. The Balaban J connectivity index is 1.98. The molecule has 1 N–H and O–H groups in total. The lowest BCUT2D eigenvalue weighted by Crippen LogP contribution is -2.33. The fourth-order valence-corrected chi connectivity index (χ4v) is 4.41. The van der Waals surface area contributed by atoms with Crippen molar-refractivity contribution >= 4 is 38.8 Å². The molecular weight excluding hydrogens is 290 g/mol. The average molecular weight is 308 g/mol. The topological polar surface area (TPSA) is 29.1 Å². The molecule has 20 heavy (non-hydrogen) atoms. The molecule has 2 nitrogen and oxygen atoms in total. The van der Waals surface area contributed by atoms with Crippen molar-refractivity contribution in [3.8, 4) is 0 Å². The van der Waals surface area contributed by atoms with Crippen LogP contribution in [0.1, 0.15) is 35.9 Å². The van der Waals surface area contributed by atoms with Crippen LogP contribution in [0.25, 0.3) is 10.1 Å². The zero-order chi connectivity index (χ0) is 14.2. The van der Waals surface area contributed by atoms with Crippen LogP contribution in [0.2, 0.25) is 5.02 Å². The van der Waals surface area contributed by atoms with Gasteiger partial charge in [-0.15, -0.1) is 11.3 Å². The van der Waals surface area contributed by atoms with Gasteiger partial charge in [-0.25, -0.2) is 0 Å². The van der Waals surface area contributed by atoms with Crippen LogP contribution in [0.15, 0.2) is 24.3 Å². The van der Waals surface area contributed by atoms with Crippen molar-refractivity contribution in [1.82, 2.24) is 5.32 Å². The molecule has 1 saturated heterocycles. The van der Waals surface area contributed by atoms with Gasteiger partial charge >= 0.3 is 0 Å². The van der Waals surface area contributed by atoms with Gasteiger partial charge in [-0.2, -0.15) is 0 Å². The number of Topliss-reactive ketones (excluding diaryl/α,β-unsaturated/α-hetero) is 1. The van der Waals surface area contributed by atoms with E-state index in [0.717, 1.165) is 52.3 Å². The third-order valence-electron chi connectivity index (χ3n) is 4.16. The second-order valence-corrected chi connectivity index (χ2v) is 7.10. The number of hydrogen-bond donors (Lipinski definition) is 1. The third-order valence-corrected chi connectivity index (χ3v) is 5.51. The smallest absolute Gasteiger partial charge is 0.180 e. The Bertz CT molecular complexity index is 643. The minimum Gasteiger partial charge on any atom is -0.316 e. The van der Waals surface area contributed by atoms with Crippen molar-refractivity contribution in [1.29, 1.82) is 0 Å². The van der Waals surface area contributed by atoms with Crippen molar-refractivity contribution < 1.29 is 4.79 Å². The molecule has 1 fully saturated rings. The number of thiophene rings is 1. The highest BCUT2D eigenvalue weighted by molar-refractivity contribution is 7.20. The lowest BCUT2D eigenvalue weighted by molar-refractivity contribution is 0.0806. The zero-order valence-electron chi connectivity index (χ0n) is 11.5. The van der Waals surface area contributed by atoms with E-state index in [1.54, 1.807) is 11.3 Å². The highest BCUT2D eigenvalue weighted by atomic mass is 35.5. The molecule has 0 radical (unpaired) electrons. The Kier molecular flexibility index (Phi) is 3.85. The molecule has 4 heteroatoms. The van der Waals surface area contributed by atoms with E-state index in [1.165, 1.54) is 0 Å². The molecule has 106 valence electrons. The monoisotopic (exact) mass is 307 g/mol. The summed E-state index contributed by atoms with van der Waals surface area (Å²) in [6.07, 6.45) is 2.96. The van der Waals surface area contributed by atoms with Crippen LogP contribution in [0.3, 0.4) is 0 Å². The quantitative estimate of drug-likeness (QED) is 0.842. The fraction of sp³-hybridized carbons (Fsp3) is 0.438. The highest BCUT2D eigenvalue weighted by Gasteiger charge is 2.41. The predicted octanol–water partition coefficient (Wildman–Crippen LogP) is 4.52. The van der Waals surface area contributed by atoms with E-state index < -0.39 is 0 Å². The molecule has 0 spiro atoms. The number of carbonyl (C=O) groups excluding carboxylic acids is 1. The number of nitrogens with one attached hydrogen (secondary N) is 1.